The molecule has 0 aliphatic heterocycles. The number of nitrogens with two attached hydrogens (primary N) is 1. The number of amides is 2. The third-order valence-electron chi connectivity index (χ3n) is 6.10. The van der Waals surface area contributed by atoms with Crippen molar-refractivity contribution in [3.63, 3.8) is 0 Å². The Hall–Kier alpha value is -4.64. The zero-order valence-electron chi connectivity index (χ0n) is 21.0. The van der Waals surface area contributed by atoms with Gasteiger partial charge in [0.05, 0.1) is 5.69 Å². The van der Waals surface area contributed by atoms with Crippen molar-refractivity contribution in [2.24, 2.45) is 5.73 Å². The zero-order valence-corrected chi connectivity index (χ0v) is 21.9. The van der Waals surface area contributed by atoms with Crippen molar-refractivity contribution in [2.45, 2.75) is 26.1 Å². The molecule has 0 bridgehead atoms. The highest BCUT2D eigenvalue weighted by Crippen LogP contribution is 2.43. The summed E-state index contributed by atoms with van der Waals surface area (Å²) in [6.45, 7) is 2.12. The standard InChI is InChI=1S/C29H22F3N3O4S/c1-2-16-8-10-18(11-9-16)38-15-19-12-13-21(39-19)27(37)35-24-23-20(17-6-4-3-5-7-17)14-22(29(30,31)32)34-28(23)40-25(24)26(33)36/h3-14H,2,15H2,1H3,(H2,33,36)(H,35,37). The van der Waals surface area contributed by atoms with Crippen LogP contribution in [0.15, 0.2) is 77.2 Å². The lowest BCUT2D eigenvalue weighted by molar-refractivity contribution is -0.140. The summed E-state index contributed by atoms with van der Waals surface area (Å²) in [6, 6.07) is 19.8. The molecule has 3 heterocycles. The first-order valence-corrected chi connectivity index (χ1v) is 13.0. The molecule has 3 N–H and O–H groups in total. The first-order valence-electron chi connectivity index (χ1n) is 12.2. The number of thiophene rings is 1. The molecule has 0 aliphatic rings. The van der Waals surface area contributed by atoms with Crippen LogP contribution in [0.2, 0.25) is 0 Å². The van der Waals surface area contributed by atoms with E-state index in [1.54, 1.807) is 36.4 Å². The Bertz CT molecular complexity index is 1690. The maximum atomic E-state index is 13.7. The zero-order chi connectivity index (χ0) is 28.4. The lowest BCUT2D eigenvalue weighted by Gasteiger charge is -2.12. The summed E-state index contributed by atoms with van der Waals surface area (Å²) < 4.78 is 52.4. The average Bonchev–Trinajstić information content (AvgIpc) is 3.57. The van der Waals surface area contributed by atoms with Gasteiger partial charge in [-0.3, -0.25) is 9.59 Å². The van der Waals surface area contributed by atoms with Crippen LogP contribution < -0.4 is 15.8 Å². The van der Waals surface area contributed by atoms with E-state index in [1.165, 1.54) is 11.6 Å². The number of pyridine rings is 1. The van der Waals surface area contributed by atoms with Crippen molar-refractivity contribution in [2.75, 3.05) is 5.32 Å². The van der Waals surface area contributed by atoms with Crippen molar-refractivity contribution in [1.29, 1.82) is 0 Å². The maximum Gasteiger partial charge on any atom is 0.433 e. The monoisotopic (exact) mass is 565 g/mol. The van der Waals surface area contributed by atoms with Crippen LogP contribution in [0.3, 0.4) is 0 Å². The number of primary amides is 1. The Labute approximate surface area is 230 Å². The summed E-state index contributed by atoms with van der Waals surface area (Å²) in [7, 11) is 0. The first-order chi connectivity index (χ1) is 19.1. The smallest absolute Gasteiger partial charge is 0.433 e. The van der Waals surface area contributed by atoms with E-state index in [4.69, 9.17) is 14.9 Å². The molecule has 2 aromatic carbocycles. The Morgan fingerprint density at radius 3 is 2.42 bits per heavy atom. The Morgan fingerprint density at radius 2 is 1.77 bits per heavy atom. The molecule has 0 saturated carbocycles. The van der Waals surface area contributed by atoms with Gasteiger partial charge in [0.2, 0.25) is 0 Å². The lowest BCUT2D eigenvalue weighted by Crippen LogP contribution is -2.16. The number of nitrogens with zero attached hydrogens (tertiary/aromatic N) is 1. The number of furan rings is 1. The molecule has 0 unspecified atom stereocenters. The molecular weight excluding hydrogens is 543 g/mol. The summed E-state index contributed by atoms with van der Waals surface area (Å²) in [5, 5.41) is 2.78. The highest BCUT2D eigenvalue weighted by atomic mass is 32.1. The van der Waals surface area contributed by atoms with Crippen LogP contribution in [0.25, 0.3) is 21.3 Å². The quantitative estimate of drug-likeness (QED) is 0.209. The fourth-order valence-electron chi connectivity index (χ4n) is 4.11. The fourth-order valence-corrected chi connectivity index (χ4v) is 5.12. The molecule has 40 heavy (non-hydrogen) atoms. The number of anilines is 1. The third-order valence-corrected chi connectivity index (χ3v) is 7.20. The minimum Gasteiger partial charge on any atom is -0.486 e. The Kier molecular flexibility index (Phi) is 7.31. The molecule has 0 fully saturated rings. The third kappa shape index (κ3) is 5.55. The molecule has 5 rings (SSSR count). The van der Waals surface area contributed by atoms with Gasteiger partial charge in [0, 0.05) is 5.39 Å². The van der Waals surface area contributed by atoms with Crippen LogP contribution in [-0.4, -0.2) is 16.8 Å². The van der Waals surface area contributed by atoms with E-state index >= 15 is 0 Å². The van der Waals surface area contributed by atoms with Crippen molar-refractivity contribution in [1.82, 2.24) is 4.98 Å². The number of halogens is 3. The number of benzene rings is 2. The number of hydrogen-bond donors (Lipinski definition) is 2. The minimum atomic E-state index is -4.73. The van der Waals surface area contributed by atoms with Gasteiger partial charge in [0.15, 0.2) is 5.76 Å². The molecule has 204 valence electrons. The van der Waals surface area contributed by atoms with Crippen LogP contribution >= 0.6 is 11.3 Å². The SMILES string of the molecule is CCc1ccc(OCc2ccc(C(=O)Nc3c(C(N)=O)sc4nc(C(F)(F)F)cc(-c5ccccc5)c34)o2)cc1. The summed E-state index contributed by atoms with van der Waals surface area (Å²) in [4.78, 5) is 29.0. The number of carbonyl (C=O) groups is 2. The van der Waals surface area contributed by atoms with Gasteiger partial charge in [0.1, 0.15) is 33.5 Å². The molecule has 3 aromatic heterocycles. The van der Waals surface area contributed by atoms with Crippen LogP contribution in [0.4, 0.5) is 18.9 Å². The Morgan fingerprint density at radius 1 is 1.05 bits per heavy atom. The second kappa shape index (κ2) is 10.9. The number of carbonyl (C=O) groups excluding carboxylic acids is 2. The second-order valence-electron chi connectivity index (χ2n) is 8.78. The second-order valence-corrected chi connectivity index (χ2v) is 9.77. The average molecular weight is 566 g/mol. The number of hydrogen-bond acceptors (Lipinski definition) is 6. The molecular formula is C29H22F3N3O4S. The van der Waals surface area contributed by atoms with E-state index in [2.05, 4.69) is 17.2 Å². The lowest BCUT2D eigenvalue weighted by atomic mass is 10.0. The summed E-state index contributed by atoms with van der Waals surface area (Å²) >= 11 is 0.671. The number of ether oxygens (including phenoxy) is 1. The number of nitrogens with one attached hydrogen (secondary N) is 1. The summed E-state index contributed by atoms with van der Waals surface area (Å²) in [5.41, 5.74) is 6.13. The van der Waals surface area contributed by atoms with Gasteiger partial charge in [-0.15, -0.1) is 11.3 Å². The van der Waals surface area contributed by atoms with Crippen LogP contribution in [0, 0.1) is 0 Å². The normalized spacial score (nSPS) is 11.5. The van der Waals surface area contributed by atoms with Crippen molar-refractivity contribution in [3.05, 3.63) is 100 Å². The van der Waals surface area contributed by atoms with Crippen molar-refractivity contribution >= 4 is 39.1 Å². The number of aromatic nitrogens is 1. The highest BCUT2D eigenvalue weighted by molar-refractivity contribution is 7.21. The van der Waals surface area contributed by atoms with E-state index in [9.17, 15) is 22.8 Å². The van der Waals surface area contributed by atoms with Gasteiger partial charge < -0.3 is 20.2 Å². The summed E-state index contributed by atoms with van der Waals surface area (Å²) in [5.74, 6) is -0.727. The van der Waals surface area contributed by atoms with Crippen LogP contribution in [-0.2, 0) is 19.2 Å². The molecule has 0 spiro atoms. The first kappa shape index (κ1) is 26.9. The summed E-state index contributed by atoms with van der Waals surface area (Å²) in [6.07, 6.45) is -3.83. The molecule has 0 aliphatic carbocycles. The van der Waals surface area contributed by atoms with Crippen LogP contribution in [0.1, 0.15) is 44.2 Å². The topological polar surface area (TPSA) is 107 Å². The van der Waals surface area contributed by atoms with Crippen molar-refractivity contribution < 1.29 is 31.9 Å². The van der Waals surface area contributed by atoms with E-state index in [1.807, 2.05) is 24.3 Å². The van der Waals surface area contributed by atoms with Gasteiger partial charge in [-0.05, 0) is 53.4 Å². The predicted molar refractivity (Wildman–Crippen MR) is 145 cm³/mol. The van der Waals surface area contributed by atoms with Gasteiger partial charge in [-0.25, -0.2) is 4.98 Å². The maximum absolute atomic E-state index is 13.7. The predicted octanol–water partition coefficient (Wildman–Crippen LogP) is 7.07. The highest BCUT2D eigenvalue weighted by Gasteiger charge is 2.35. The van der Waals surface area contributed by atoms with E-state index in [0.717, 1.165) is 12.5 Å². The molecule has 0 radical (unpaired) electrons. The Balaban J connectivity index is 1.48. The number of aryl methyl sites for hydroxylation is 1. The van der Waals surface area contributed by atoms with Gasteiger partial charge >= 0.3 is 6.18 Å². The number of alkyl halides is 3. The number of rotatable bonds is 8. The van der Waals surface area contributed by atoms with Gasteiger partial charge in [-0.2, -0.15) is 13.2 Å². The van der Waals surface area contributed by atoms with Crippen molar-refractivity contribution in [3.8, 4) is 16.9 Å². The molecule has 2 amide bonds. The van der Waals surface area contributed by atoms with Gasteiger partial charge in [-0.1, -0.05) is 49.4 Å². The van der Waals surface area contributed by atoms with E-state index < -0.39 is 23.7 Å². The molecule has 7 nitrogen and oxygen atoms in total. The van der Waals surface area contributed by atoms with E-state index in [-0.39, 0.29) is 38.7 Å². The van der Waals surface area contributed by atoms with Gasteiger partial charge in [0.25, 0.3) is 11.8 Å². The largest absolute Gasteiger partial charge is 0.486 e. The van der Waals surface area contributed by atoms with Crippen LogP contribution in [0.5, 0.6) is 5.75 Å². The molecule has 0 saturated heterocycles. The molecule has 11 heteroatoms. The molecule has 0 atom stereocenters. The fraction of sp³-hybridized carbons (Fsp3) is 0.138. The minimum absolute atomic E-state index is 0.0391. The van der Waals surface area contributed by atoms with E-state index in [0.29, 0.717) is 28.4 Å². The molecule has 5 aromatic rings. The number of fused-ring (bicyclic) bond motifs is 1.